The molecule has 2 aromatic carbocycles. The molecule has 0 unspecified atom stereocenters. The zero-order valence-electron chi connectivity index (χ0n) is 15.7. The predicted molar refractivity (Wildman–Crippen MR) is 101 cm³/mol. The Morgan fingerprint density at radius 1 is 1.24 bits per heavy atom. The molecule has 1 amide bonds. The van der Waals surface area contributed by atoms with Gasteiger partial charge in [0.05, 0.1) is 18.1 Å². The molecule has 0 aliphatic carbocycles. The zero-order chi connectivity index (χ0) is 21.0. The molecule has 2 aromatic rings. The van der Waals surface area contributed by atoms with Gasteiger partial charge in [-0.3, -0.25) is 14.9 Å². The Morgan fingerprint density at radius 3 is 2.62 bits per heavy atom. The number of aliphatic hydroxyl groups excluding tert-OH is 1. The van der Waals surface area contributed by atoms with Crippen molar-refractivity contribution >= 4 is 17.6 Å². The van der Waals surface area contributed by atoms with Gasteiger partial charge in [0.15, 0.2) is 0 Å². The number of hydrogen-bond donors (Lipinski definition) is 1. The second kappa shape index (κ2) is 8.70. The zero-order valence-corrected chi connectivity index (χ0v) is 15.7. The van der Waals surface area contributed by atoms with Gasteiger partial charge in [-0.2, -0.15) is 0 Å². The number of methoxy groups -OCH3 is 1. The highest BCUT2D eigenvalue weighted by Gasteiger charge is 2.41. The monoisotopic (exact) mass is 400 g/mol. The molecule has 1 aliphatic rings. The number of nitro benzene ring substituents is 1. The van der Waals surface area contributed by atoms with Crippen molar-refractivity contribution in [2.75, 3.05) is 13.7 Å². The van der Waals surface area contributed by atoms with Crippen LogP contribution in [0.3, 0.4) is 0 Å². The third-order valence-electron chi connectivity index (χ3n) is 4.66. The van der Waals surface area contributed by atoms with Crippen LogP contribution in [0.25, 0.3) is 0 Å². The molecule has 0 bridgehead atoms. The normalized spacial score (nSPS) is 18.3. The van der Waals surface area contributed by atoms with Gasteiger partial charge in [-0.15, -0.1) is 0 Å². The first-order chi connectivity index (χ1) is 13.9. The van der Waals surface area contributed by atoms with E-state index in [1.807, 2.05) is 30.3 Å². The summed E-state index contributed by atoms with van der Waals surface area (Å²) >= 11 is 0. The van der Waals surface area contributed by atoms with Crippen LogP contribution in [-0.4, -0.2) is 52.6 Å². The number of carbonyl (C=O) groups excluding carboxylic acids is 2. The molecular formula is C20H20N2O7. The van der Waals surface area contributed by atoms with Crippen molar-refractivity contribution in [3.8, 4) is 5.75 Å². The highest BCUT2D eigenvalue weighted by atomic mass is 16.6. The lowest BCUT2D eigenvalue weighted by molar-refractivity contribution is -0.385. The van der Waals surface area contributed by atoms with Crippen molar-refractivity contribution in [2.24, 2.45) is 0 Å². The summed E-state index contributed by atoms with van der Waals surface area (Å²) < 4.78 is 10.3. The van der Waals surface area contributed by atoms with Crippen LogP contribution in [0, 0.1) is 10.1 Å². The Kier molecular flexibility index (Phi) is 6.08. The van der Waals surface area contributed by atoms with E-state index in [-0.39, 0.29) is 30.9 Å². The van der Waals surface area contributed by atoms with Gasteiger partial charge in [0.2, 0.25) is 0 Å². The van der Waals surface area contributed by atoms with Crippen LogP contribution in [0.15, 0.2) is 48.5 Å². The van der Waals surface area contributed by atoms with Crippen molar-refractivity contribution in [1.29, 1.82) is 0 Å². The molecule has 1 heterocycles. The maximum atomic E-state index is 13.0. The molecule has 1 fully saturated rings. The second-order valence-electron chi connectivity index (χ2n) is 6.60. The van der Waals surface area contributed by atoms with E-state index in [0.29, 0.717) is 0 Å². The summed E-state index contributed by atoms with van der Waals surface area (Å²) in [6.07, 6.45) is -0.907. The molecule has 0 aromatic heterocycles. The molecule has 9 nitrogen and oxygen atoms in total. The average Bonchev–Trinajstić information content (AvgIpc) is 3.13. The van der Waals surface area contributed by atoms with Gasteiger partial charge in [0, 0.05) is 19.0 Å². The lowest BCUT2D eigenvalue weighted by Crippen LogP contribution is -2.41. The van der Waals surface area contributed by atoms with Crippen molar-refractivity contribution in [1.82, 2.24) is 4.90 Å². The van der Waals surface area contributed by atoms with Gasteiger partial charge in [-0.1, -0.05) is 30.3 Å². The molecule has 29 heavy (non-hydrogen) atoms. The average molecular weight is 400 g/mol. The van der Waals surface area contributed by atoms with E-state index in [4.69, 9.17) is 4.74 Å². The highest BCUT2D eigenvalue weighted by Crippen LogP contribution is 2.29. The largest absolute Gasteiger partial charge is 0.489 e. The van der Waals surface area contributed by atoms with Crippen LogP contribution >= 0.6 is 0 Å². The van der Waals surface area contributed by atoms with Crippen molar-refractivity contribution in [2.45, 2.75) is 25.2 Å². The molecule has 1 aliphatic heterocycles. The number of likely N-dealkylation sites (tertiary alicyclic amines) is 1. The Morgan fingerprint density at radius 2 is 1.97 bits per heavy atom. The van der Waals surface area contributed by atoms with Crippen molar-refractivity contribution < 1.29 is 29.1 Å². The smallest absolute Gasteiger partial charge is 0.328 e. The number of ether oxygens (including phenoxy) is 2. The predicted octanol–water partition coefficient (Wildman–Crippen LogP) is 1.92. The number of aliphatic hydroxyl groups is 1. The minimum Gasteiger partial charge on any atom is -0.489 e. The molecule has 0 spiro atoms. The number of nitro groups is 1. The molecule has 3 rings (SSSR count). The van der Waals surface area contributed by atoms with E-state index in [2.05, 4.69) is 4.74 Å². The fourth-order valence-electron chi connectivity index (χ4n) is 3.23. The fraction of sp³-hybridized carbons (Fsp3) is 0.300. The number of β-amino-alcohol motifs (C(OH)–C–C–N with tert-alkyl or cyclic N) is 1. The first-order valence-corrected chi connectivity index (χ1v) is 8.92. The van der Waals surface area contributed by atoms with Crippen LogP contribution in [-0.2, 0) is 16.1 Å². The van der Waals surface area contributed by atoms with E-state index in [0.717, 1.165) is 10.5 Å². The van der Waals surface area contributed by atoms with E-state index in [1.54, 1.807) is 0 Å². The second-order valence-corrected chi connectivity index (χ2v) is 6.60. The molecule has 9 heteroatoms. The number of benzene rings is 2. The Bertz CT molecular complexity index is 916. The molecule has 1 N–H and O–H groups in total. The maximum Gasteiger partial charge on any atom is 0.328 e. The molecule has 1 saturated heterocycles. The quantitative estimate of drug-likeness (QED) is 0.447. The molecule has 152 valence electrons. The van der Waals surface area contributed by atoms with E-state index in [9.17, 15) is 24.8 Å². The van der Waals surface area contributed by atoms with Crippen molar-refractivity contribution in [3.05, 3.63) is 69.8 Å². The first-order valence-electron chi connectivity index (χ1n) is 8.92. The van der Waals surface area contributed by atoms with Crippen LogP contribution in [0.4, 0.5) is 5.69 Å². The highest BCUT2D eigenvalue weighted by molar-refractivity contribution is 6.00. The van der Waals surface area contributed by atoms with E-state index >= 15 is 0 Å². The summed E-state index contributed by atoms with van der Waals surface area (Å²) in [5.74, 6) is -1.15. The molecular weight excluding hydrogens is 380 g/mol. The topological polar surface area (TPSA) is 119 Å². The van der Waals surface area contributed by atoms with Gasteiger partial charge in [0.25, 0.3) is 11.6 Å². The fourth-order valence-corrected chi connectivity index (χ4v) is 3.23. The standard InChI is InChI=1S/C20H20N2O7/c1-28-20(25)18-9-14(23)11-21(18)19(24)16-10-15(7-8-17(16)22(26)27)29-12-13-5-3-2-4-6-13/h2-8,10,14,18,23H,9,11-12H2,1H3/t14-,18+/m0/s1. The van der Waals surface area contributed by atoms with Gasteiger partial charge >= 0.3 is 5.97 Å². The summed E-state index contributed by atoms with van der Waals surface area (Å²) in [5, 5.41) is 21.3. The minimum atomic E-state index is -1.00. The summed E-state index contributed by atoms with van der Waals surface area (Å²) in [4.78, 5) is 36.8. The van der Waals surface area contributed by atoms with Crippen LogP contribution in [0.1, 0.15) is 22.3 Å². The number of hydrogen-bond acceptors (Lipinski definition) is 7. The van der Waals surface area contributed by atoms with Gasteiger partial charge in [-0.25, -0.2) is 4.79 Å². The number of nitrogens with zero attached hydrogens (tertiary/aromatic N) is 2. The SMILES string of the molecule is COC(=O)[C@H]1C[C@H](O)CN1C(=O)c1cc(OCc2ccccc2)ccc1[N+](=O)[O-]. The number of carbonyl (C=O) groups is 2. The summed E-state index contributed by atoms with van der Waals surface area (Å²) in [6, 6.07) is 12.2. The summed E-state index contributed by atoms with van der Waals surface area (Å²) in [7, 11) is 1.18. The number of amides is 1. The third-order valence-corrected chi connectivity index (χ3v) is 4.66. The lowest BCUT2D eigenvalue weighted by atomic mass is 10.1. The minimum absolute atomic E-state index is 0.0103. The van der Waals surface area contributed by atoms with Crippen LogP contribution in [0.2, 0.25) is 0 Å². The van der Waals surface area contributed by atoms with Gasteiger partial charge < -0.3 is 19.5 Å². The Hall–Kier alpha value is -3.46. The van der Waals surface area contributed by atoms with Crippen molar-refractivity contribution in [3.63, 3.8) is 0 Å². The summed E-state index contributed by atoms with van der Waals surface area (Å²) in [6.45, 7) is 0.102. The van der Waals surface area contributed by atoms with E-state index < -0.39 is 34.6 Å². The Balaban J connectivity index is 1.88. The number of rotatable bonds is 6. The molecule has 0 radical (unpaired) electrons. The van der Waals surface area contributed by atoms with Crippen LogP contribution in [0.5, 0.6) is 5.75 Å². The third kappa shape index (κ3) is 4.52. The van der Waals surface area contributed by atoms with E-state index in [1.165, 1.54) is 25.3 Å². The molecule has 2 atom stereocenters. The van der Waals surface area contributed by atoms with Gasteiger partial charge in [-0.05, 0) is 17.7 Å². The first kappa shape index (κ1) is 20.3. The molecule has 0 saturated carbocycles. The Labute approximate surface area is 166 Å². The lowest BCUT2D eigenvalue weighted by Gasteiger charge is -2.22. The summed E-state index contributed by atoms with van der Waals surface area (Å²) in [5.41, 5.74) is 0.266. The maximum absolute atomic E-state index is 13.0. The van der Waals surface area contributed by atoms with Gasteiger partial charge in [0.1, 0.15) is 24.0 Å². The number of esters is 1. The van der Waals surface area contributed by atoms with Crippen LogP contribution < -0.4 is 4.74 Å².